The van der Waals surface area contributed by atoms with Gasteiger partial charge in [0, 0.05) is 23.6 Å². The van der Waals surface area contributed by atoms with E-state index in [2.05, 4.69) is 0 Å². The van der Waals surface area contributed by atoms with Crippen molar-refractivity contribution in [3.8, 4) is 0 Å². The number of fused-ring (bicyclic) bond motifs is 1. The summed E-state index contributed by atoms with van der Waals surface area (Å²) < 4.78 is 0. The molecule has 0 saturated heterocycles. The van der Waals surface area contributed by atoms with E-state index in [-0.39, 0.29) is 23.8 Å². The Morgan fingerprint density at radius 2 is 1.31 bits per heavy atom. The highest BCUT2D eigenvalue weighted by Gasteiger charge is 2.29. The van der Waals surface area contributed by atoms with Gasteiger partial charge in [-0.15, -0.1) is 0 Å². The molecule has 3 aromatic rings. The van der Waals surface area contributed by atoms with Crippen molar-refractivity contribution >= 4 is 22.5 Å². The lowest BCUT2D eigenvalue weighted by atomic mass is 9.86. The number of amides is 1. The minimum absolute atomic E-state index is 0.0190. The Labute approximate surface area is 173 Å². The number of carbonyl (C=O) groups excluding carboxylic acids is 2. The third-order valence-electron chi connectivity index (χ3n) is 5.44. The molecule has 0 aromatic heterocycles. The second-order valence-corrected chi connectivity index (χ2v) is 8.10. The third kappa shape index (κ3) is 4.09. The molecule has 150 valence electrons. The van der Waals surface area contributed by atoms with Crippen LogP contribution in [0, 0.1) is 0 Å². The van der Waals surface area contributed by atoms with Crippen molar-refractivity contribution in [3.63, 3.8) is 0 Å². The van der Waals surface area contributed by atoms with Gasteiger partial charge in [0.05, 0.1) is 5.56 Å². The number of benzene rings is 3. The normalized spacial score (nSPS) is 12.4. The predicted molar refractivity (Wildman–Crippen MR) is 120 cm³/mol. The Morgan fingerprint density at radius 1 is 0.724 bits per heavy atom. The van der Waals surface area contributed by atoms with Crippen molar-refractivity contribution in [2.45, 2.75) is 52.6 Å². The molecule has 0 fully saturated rings. The lowest BCUT2D eigenvalue weighted by Crippen LogP contribution is -2.42. The highest BCUT2D eigenvalue weighted by Crippen LogP contribution is 2.32. The number of nitrogens with zero attached hydrogens (tertiary/aromatic N) is 1. The Bertz CT molecular complexity index is 1010. The summed E-state index contributed by atoms with van der Waals surface area (Å²) in [6, 6.07) is 21.3. The molecule has 0 aliphatic heterocycles. The van der Waals surface area contributed by atoms with Gasteiger partial charge in [0.15, 0.2) is 5.78 Å². The van der Waals surface area contributed by atoms with Gasteiger partial charge >= 0.3 is 0 Å². The van der Waals surface area contributed by atoms with Gasteiger partial charge < -0.3 is 4.90 Å². The van der Waals surface area contributed by atoms with Crippen LogP contribution in [-0.2, 0) is 0 Å². The molecule has 29 heavy (non-hydrogen) atoms. The Hall–Kier alpha value is -2.94. The maximum atomic E-state index is 13.7. The SMILES string of the molecule is CC(C)N(C(=O)c1c([C@H](C)C(=O)c2ccccc2)ccc2ccccc12)C(C)C. The van der Waals surface area contributed by atoms with Crippen LogP contribution in [0.1, 0.15) is 66.8 Å². The van der Waals surface area contributed by atoms with Crippen molar-refractivity contribution in [2.24, 2.45) is 0 Å². The van der Waals surface area contributed by atoms with Gasteiger partial charge in [0.25, 0.3) is 5.91 Å². The Balaban J connectivity index is 2.19. The van der Waals surface area contributed by atoms with Crippen molar-refractivity contribution < 1.29 is 9.59 Å². The van der Waals surface area contributed by atoms with Crippen LogP contribution >= 0.6 is 0 Å². The van der Waals surface area contributed by atoms with Gasteiger partial charge in [-0.1, -0.05) is 73.7 Å². The van der Waals surface area contributed by atoms with E-state index < -0.39 is 5.92 Å². The molecule has 0 aliphatic rings. The lowest BCUT2D eigenvalue weighted by Gasteiger charge is -2.32. The number of hydrogen-bond acceptors (Lipinski definition) is 2. The molecule has 0 saturated carbocycles. The highest BCUT2D eigenvalue weighted by atomic mass is 16.2. The van der Waals surface area contributed by atoms with Crippen LogP contribution in [0.25, 0.3) is 10.8 Å². The van der Waals surface area contributed by atoms with E-state index in [4.69, 9.17) is 0 Å². The van der Waals surface area contributed by atoms with Crippen LogP contribution in [0.4, 0.5) is 0 Å². The van der Waals surface area contributed by atoms with Crippen LogP contribution in [0.3, 0.4) is 0 Å². The van der Waals surface area contributed by atoms with E-state index in [0.29, 0.717) is 11.1 Å². The largest absolute Gasteiger partial charge is 0.334 e. The van der Waals surface area contributed by atoms with E-state index in [1.54, 1.807) is 0 Å². The molecule has 3 nitrogen and oxygen atoms in total. The molecule has 3 rings (SSSR count). The van der Waals surface area contributed by atoms with E-state index in [1.807, 2.05) is 106 Å². The fourth-order valence-electron chi connectivity index (χ4n) is 4.08. The monoisotopic (exact) mass is 387 g/mol. The molecule has 1 atom stereocenters. The van der Waals surface area contributed by atoms with Gasteiger partial charge in [0.2, 0.25) is 0 Å². The number of hydrogen-bond donors (Lipinski definition) is 0. The average Bonchev–Trinajstić information content (AvgIpc) is 2.71. The summed E-state index contributed by atoms with van der Waals surface area (Å²) in [5.74, 6) is -0.410. The number of ketones is 1. The van der Waals surface area contributed by atoms with E-state index >= 15 is 0 Å². The summed E-state index contributed by atoms with van der Waals surface area (Å²) in [6.45, 7) is 10.0. The van der Waals surface area contributed by atoms with Crippen molar-refractivity contribution in [2.75, 3.05) is 0 Å². The fraction of sp³-hybridized carbons (Fsp3) is 0.308. The number of carbonyl (C=O) groups is 2. The van der Waals surface area contributed by atoms with Crippen LogP contribution < -0.4 is 0 Å². The van der Waals surface area contributed by atoms with Crippen molar-refractivity contribution in [1.29, 1.82) is 0 Å². The number of rotatable bonds is 6. The maximum absolute atomic E-state index is 13.7. The minimum Gasteiger partial charge on any atom is -0.334 e. The predicted octanol–water partition coefficient (Wildman–Crippen LogP) is 6.09. The Morgan fingerprint density at radius 3 is 1.93 bits per heavy atom. The minimum atomic E-state index is -0.415. The first-order chi connectivity index (χ1) is 13.8. The molecular formula is C26H29NO2. The zero-order valence-electron chi connectivity index (χ0n) is 17.8. The van der Waals surface area contributed by atoms with Crippen molar-refractivity contribution in [1.82, 2.24) is 4.90 Å². The molecule has 0 bridgehead atoms. The topological polar surface area (TPSA) is 37.4 Å². The summed E-state index contributed by atoms with van der Waals surface area (Å²) in [5.41, 5.74) is 2.09. The first-order valence-corrected chi connectivity index (χ1v) is 10.3. The zero-order chi connectivity index (χ0) is 21.1. The summed E-state index contributed by atoms with van der Waals surface area (Å²) >= 11 is 0. The fourth-order valence-corrected chi connectivity index (χ4v) is 4.08. The van der Waals surface area contributed by atoms with E-state index in [9.17, 15) is 9.59 Å². The van der Waals surface area contributed by atoms with Gasteiger partial charge in [-0.25, -0.2) is 0 Å². The summed E-state index contributed by atoms with van der Waals surface area (Å²) in [6.07, 6.45) is 0. The zero-order valence-corrected chi connectivity index (χ0v) is 17.8. The first-order valence-electron chi connectivity index (χ1n) is 10.3. The molecule has 3 heteroatoms. The molecule has 0 aliphatic carbocycles. The van der Waals surface area contributed by atoms with Gasteiger partial charge in [-0.05, 0) is 44.0 Å². The smallest absolute Gasteiger partial charge is 0.255 e. The average molecular weight is 388 g/mol. The summed E-state index contributed by atoms with van der Waals surface area (Å²) in [5, 5.41) is 1.90. The van der Waals surface area contributed by atoms with Crippen LogP contribution in [-0.4, -0.2) is 28.7 Å². The molecule has 0 N–H and O–H groups in total. The molecule has 0 heterocycles. The van der Waals surface area contributed by atoms with Crippen molar-refractivity contribution in [3.05, 3.63) is 83.4 Å². The lowest BCUT2D eigenvalue weighted by molar-refractivity contribution is 0.0644. The second-order valence-electron chi connectivity index (χ2n) is 8.10. The van der Waals surface area contributed by atoms with Crippen LogP contribution in [0.5, 0.6) is 0 Å². The standard InChI is InChI=1S/C26H29NO2/c1-17(2)27(18(3)4)26(29)24-22(16-15-20-11-9-10-14-23(20)24)19(5)25(28)21-12-7-6-8-13-21/h6-19H,1-5H3/t19-/m0/s1. The molecular weight excluding hydrogens is 358 g/mol. The summed E-state index contributed by atoms with van der Waals surface area (Å²) in [7, 11) is 0. The number of Topliss-reactive ketones (excluding diaryl/α,β-unsaturated/α-hetero) is 1. The molecule has 1 amide bonds. The van der Waals surface area contributed by atoms with Crippen LogP contribution in [0.2, 0.25) is 0 Å². The maximum Gasteiger partial charge on any atom is 0.255 e. The van der Waals surface area contributed by atoms with Crippen LogP contribution in [0.15, 0.2) is 66.7 Å². The van der Waals surface area contributed by atoms with E-state index in [1.165, 1.54) is 0 Å². The third-order valence-corrected chi connectivity index (χ3v) is 5.44. The molecule has 0 unspecified atom stereocenters. The van der Waals surface area contributed by atoms with Gasteiger partial charge in [-0.3, -0.25) is 9.59 Å². The molecule has 3 aromatic carbocycles. The molecule has 0 spiro atoms. The van der Waals surface area contributed by atoms with E-state index in [0.717, 1.165) is 16.3 Å². The Kier molecular flexibility index (Phi) is 6.17. The van der Waals surface area contributed by atoms with Gasteiger partial charge in [-0.2, -0.15) is 0 Å². The molecule has 0 radical (unpaired) electrons. The second kappa shape index (κ2) is 8.60. The highest BCUT2D eigenvalue weighted by molar-refractivity contribution is 6.11. The first kappa shape index (κ1) is 20.8. The summed E-state index contributed by atoms with van der Waals surface area (Å²) in [4.78, 5) is 28.8. The quantitative estimate of drug-likeness (QED) is 0.480. The van der Waals surface area contributed by atoms with Gasteiger partial charge in [0.1, 0.15) is 0 Å².